The van der Waals surface area contributed by atoms with Crippen LogP contribution >= 0.6 is 0 Å². The van der Waals surface area contributed by atoms with Gasteiger partial charge in [0.1, 0.15) is 5.82 Å². The number of carbonyl (C=O) groups is 1. The molecule has 2 aliphatic rings. The summed E-state index contributed by atoms with van der Waals surface area (Å²) in [6.45, 7) is 4.46. The number of hydrogen-bond acceptors (Lipinski definition) is 6. The minimum atomic E-state index is 0.0791. The highest BCUT2D eigenvalue weighted by molar-refractivity contribution is 5.78. The number of piperidine rings is 2. The standard InChI is InChI=1S/C21H28N6O/c28-21(25-14-18-5-1-2-8-23-18)17-4-3-11-27(16-17)19-6-12-26(13-7-19)20-15-22-9-10-24-20/h1-2,5,8-10,15,17,19H,3-4,6-7,11-14,16H2,(H,25,28)/t17-/m0/s1. The molecule has 0 spiro atoms. The van der Waals surface area contributed by atoms with Crippen LogP contribution in [0.1, 0.15) is 31.4 Å². The van der Waals surface area contributed by atoms with Crippen molar-refractivity contribution in [2.75, 3.05) is 31.1 Å². The Kier molecular flexibility index (Phi) is 6.11. The number of nitrogens with one attached hydrogen (secondary N) is 1. The van der Waals surface area contributed by atoms with Crippen LogP contribution in [0.4, 0.5) is 5.82 Å². The zero-order chi connectivity index (χ0) is 19.2. The van der Waals surface area contributed by atoms with Gasteiger partial charge in [0.2, 0.25) is 5.91 Å². The lowest BCUT2D eigenvalue weighted by atomic mass is 9.93. The molecule has 1 amide bonds. The SMILES string of the molecule is O=C(NCc1ccccn1)[C@H]1CCCN(C2CCN(c3cnccn3)CC2)C1. The topological polar surface area (TPSA) is 74.2 Å². The zero-order valence-electron chi connectivity index (χ0n) is 16.2. The van der Waals surface area contributed by atoms with Crippen LogP contribution < -0.4 is 10.2 Å². The number of anilines is 1. The third-order valence-electron chi connectivity index (χ3n) is 5.85. The molecule has 2 aromatic heterocycles. The average Bonchev–Trinajstić information content (AvgIpc) is 2.79. The van der Waals surface area contributed by atoms with Gasteiger partial charge < -0.3 is 10.2 Å². The van der Waals surface area contributed by atoms with E-state index < -0.39 is 0 Å². The van der Waals surface area contributed by atoms with Crippen molar-refractivity contribution in [2.24, 2.45) is 5.92 Å². The monoisotopic (exact) mass is 380 g/mol. The summed E-state index contributed by atoms with van der Waals surface area (Å²) in [5, 5.41) is 3.07. The third-order valence-corrected chi connectivity index (χ3v) is 5.85. The molecular weight excluding hydrogens is 352 g/mol. The molecule has 148 valence electrons. The first-order valence-corrected chi connectivity index (χ1v) is 10.2. The van der Waals surface area contributed by atoms with Crippen molar-refractivity contribution in [3.63, 3.8) is 0 Å². The number of nitrogens with zero attached hydrogens (tertiary/aromatic N) is 5. The Hall–Kier alpha value is -2.54. The van der Waals surface area contributed by atoms with E-state index in [-0.39, 0.29) is 11.8 Å². The fraction of sp³-hybridized carbons (Fsp3) is 0.524. The van der Waals surface area contributed by atoms with E-state index in [1.165, 1.54) is 0 Å². The second-order valence-electron chi connectivity index (χ2n) is 7.65. The van der Waals surface area contributed by atoms with Crippen molar-refractivity contribution in [1.29, 1.82) is 0 Å². The van der Waals surface area contributed by atoms with Crippen molar-refractivity contribution >= 4 is 11.7 Å². The van der Waals surface area contributed by atoms with E-state index in [0.717, 1.165) is 63.4 Å². The first-order chi connectivity index (χ1) is 13.8. The van der Waals surface area contributed by atoms with Gasteiger partial charge in [-0.2, -0.15) is 0 Å². The van der Waals surface area contributed by atoms with Gasteiger partial charge in [0.25, 0.3) is 0 Å². The number of rotatable bonds is 5. The smallest absolute Gasteiger partial charge is 0.224 e. The molecule has 2 aliphatic heterocycles. The predicted molar refractivity (Wildman–Crippen MR) is 108 cm³/mol. The van der Waals surface area contributed by atoms with E-state index in [1.54, 1.807) is 18.6 Å². The second-order valence-corrected chi connectivity index (χ2v) is 7.65. The van der Waals surface area contributed by atoms with Crippen molar-refractivity contribution < 1.29 is 4.79 Å². The Labute approximate surface area is 166 Å². The largest absolute Gasteiger partial charge is 0.355 e. The van der Waals surface area contributed by atoms with Gasteiger partial charge in [-0.05, 0) is 44.4 Å². The summed E-state index contributed by atoms with van der Waals surface area (Å²) in [5.41, 5.74) is 0.903. The molecule has 2 saturated heterocycles. The Balaban J connectivity index is 1.26. The summed E-state index contributed by atoms with van der Waals surface area (Å²) in [7, 11) is 0. The van der Waals surface area contributed by atoms with Crippen LogP contribution in [0.5, 0.6) is 0 Å². The molecule has 28 heavy (non-hydrogen) atoms. The van der Waals surface area contributed by atoms with Crippen LogP contribution in [0, 0.1) is 5.92 Å². The molecule has 0 radical (unpaired) electrons. The fourth-order valence-corrected chi connectivity index (χ4v) is 4.29. The summed E-state index contributed by atoms with van der Waals surface area (Å²) >= 11 is 0. The van der Waals surface area contributed by atoms with Gasteiger partial charge in [0.05, 0.1) is 24.4 Å². The quantitative estimate of drug-likeness (QED) is 0.854. The van der Waals surface area contributed by atoms with E-state index in [2.05, 4.69) is 30.1 Å². The fourth-order valence-electron chi connectivity index (χ4n) is 4.29. The lowest BCUT2D eigenvalue weighted by molar-refractivity contribution is -0.127. The molecule has 0 aliphatic carbocycles. The zero-order valence-corrected chi connectivity index (χ0v) is 16.2. The summed E-state index contributed by atoms with van der Waals surface area (Å²) in [6, 6.07) is 6.34. The number of aromatic nitrogens is 3. The van der Waals surface area contributed by atoms with Crippen LogP contribution in [-0.4, -0.2) is 58.0 Å². The molecule has 4 rings (SSSR count). The molecule has 2 fully saturated rings. The van der Waals surface area contributed by atoms with Gasteiger partial charge in [0.15, 0.2) is 0 Å². The molecule has 7 nitrogen and oxygen atoms in total. The van der Waals surface area contributed by atoms with Crippen LogP contribution in [0.2, 0.25) is 0 Å². The maximum absolute atomic E-state index is 12.6. The van der Waals surface area contributed by atoms with Crippen LogP contribution in [0.25, 0.3) is 0 Å². The Morgan fingerprint density at radius 3 is 2.71 bits per heavy atom. The molecule has 0 aromatic carbocycles. The Morgan fingerprint density at radius 1 is 1.07 bits per heavy atom. The summed E-state index contributed by atoms with van der Waals surface area (Å²) in [6.07, 6.45) is 11.3. The highest BCUT2D eigenvalue weighted by Crippen LogP contribution is 2.25. The summed E-state index contributed by atoms with van der Waals surface area (Å²) in [5.74, 6) is 1.20. The minimum Gasteiger partial charge on any atom is -0.355 e. The lowest BCUT2D eigenvalue weighted by Crippen LogP contribution is -2.50. The number of pyridine rings is 1. The van der Waals surface area contributed by atoms with E-state index in [0.29, 0.717) is 12.6 Å². The molecular formula is C21H28N6O. The maximum atomic E-state index is 12.6. The number of amides is 1. The highest BCUT2D eigenvalue weighted by atomic mass is 16.1. The lowest BCUT2D eigenvalue weighted by Gasteiger charge is -2.42. The molecule has 0 saturated carbocycles. The van der Waals surface area contributed by atoms with E-state index >= 15 is 0 Å². The molecule has 0 bridgehead atoms. The van der Waals surface area contributed by atoms with Gasteiger partial charge >= 0.3 is 0 Å². The van der Waals surface area contributed by atoms with Crippen LogP contribution in [-0.2, 0) is 11.3 Å². The molecule has 1 N–H and O–H groups in total. The van der Waals surface area contributed by atoms with E-state index in [4.69, 9.17) is 0 Å². The molecule has 0 unspecified atom stereocenters. The van der Waals surface area contributed by atoms with Crippen LogP contribution in [0.3, 0.4) is 0 Å². The number of hydrogen-bond donors (Lipinski definition) is 1. The first kappa shape index (κ1) is 18.8. The Bertz CT molecular complexity index is 748. The van der Waals surface area contributed by atoms with E-state index in [9.17, 15) is 4.79 Å². The molecule has 7 heteroatoms. The van der Waals surface area contributed by atoms with Gasteiger partial charge in [-0.25, -0.2) is 4.98 Å². The maximum Gasteiger partial charge on any atom is 0.224 e. The van der Waals surface area contributed by atoms with Gasteiger partial charge in [-0.3, -0.25) is 19.7 Å². The number of carbonyl (C=O) groups excluding carboxylic acids is 1. The predicted octanol–water partition coefficient (Wildman–Crippen LogP) is 1.87. The summed E-state index contributed by atoms with van der Waals surface area (Å²) < 4.78 is 0. The van der Waals surface area contributed by atoms with Crippen molar-refractivity contribution in [2.45, 2.75) is 38.3 Å². The third kappa shape index (κ3) is 4.65. The van der Waals surface area contributed by atoms with Gasteiger partial charge in [-0.1, -0.05) is 6.07 Å². The minimum absolute atomic E-state index is 0.0791. The van der Waals surface area contributed by atoms with Crippen molar-refractivity contribution in [3.8, 4) is 0 Å². The normalized spacial score (nSPS) is 21.4. The molecule has 4 heterocycles. The number of likely N-dealkylation sites (tertiary alicyclic amines) is 1. The molecule has 1 atom stereocenters. The van der Waals surface area contributed by atoms with Gasteiger partial charge in [0, 0.05) is 44.3 Å². The molecule has 2 aromatic rings. The van der Waals surface area contributed by atoms with Gasteiger partial charge in [-0.15, -0.1) is 0 Å². The van der Waals surface area contributed by atoms with Crippen molar-refractivity contribution in [1.82, 2.24) is 25.2 Å². The van der Waals surface area contributed by atoms with E-state index in [1.807, 2.05) is 24.4 Å². The van der Waals surface area contributed by atoms with Crippen LogP contribution in [0.15, 0.2) is 43.0 Å². The second kappa shape index (κ2) is 9.10. The first-order valence-electron chi connectivity index (χ1n) is 10.2. The average molecular weight is 380 g/mol. The highest BCUT2D eigenvalue weighted by Gasteiger charge is 2.31. The van der Waals surface area contributed by atoms with Crippen molar-refractivity contribution in [3.05, 3.63) is 48.7 Å². The Morgan fingerprint density at radius 2 is 1.96 bits per heavy atom. The summed E-state index contributed by atoms with van der Waals surface area (Å²) in [4.78, 5) is 30.4.